The summed E-state index contributed by atoms with van der Waals surface area (Å²) in [5.41, 5.74) is 1.85. The van der Waals surface area contributed by atoms with Crippen molar-refractivity contribution in [2.75, 3.05) is 23.8 Å². The lowest BCUT2D eigenvalue weighted by atomic mass is 9.95. The normalized spacial score (nSPS) is 17.7. The third-order valence-electron chi connectivity index (χ3n) is 4.71. The van der Waals surface area contributed by atoms with Crippen molar-refractivity contribution >= 4 is 17.3 Å². The molecule has 3 rings (SSSR count). The second-order valence-electron chi connectivity index (χ2n) is 6.57. The van der Waals surface area contributed by atoms with Gasteiger partial charge in [0.05, 0.1) is 17.7 Å². The van der Waals surface area contributed by atoms with Crippen molar-refractivity contribution < 1.29 is 13.9 Å². The molecule has 0 aliphatic carbocycles. The maximum atomic E-state index is 14.3. The number of nitrogens with one attached hydrogen (secondary N) is 2. The third kappa shape index (κ3) is 4.61. The number of benzene rings is 2. The Bertz CT molecular complexity index is 730. The van der Waals surface area contributed by atoms with Gasteiger partial charge in [-0.25, -0.2) is 4.39 Å². The molecule has 2 N–H and O–H groups in total. The van der Waals surface area contributed by atoms with Gasteiger partial charge in [-0.15, -0.1) is 0 Å². The van der Waals surface area contributed by atoms with E-state index in [9.17, 15) is 9.18 Å². The average Bonchev–Trinajstić information content (AvgIpc) is 3.16. The Labute approximate surface area is 153 Å². The number of halogens is 1. The highest BCUT2D eigenvalue weighted by Gasteiger charge is 2.19. The molecule has 0 aromatic heterocycles. The number of carbonyl (C=O) groups excluding carboxylic acids is 1. The molecule has 2 atom stereocenters. The summed E-state index contributed by atoms with van der Waals surface area (Å²) in [5, 5.41) is 5.91. The molecule has 138 valence electrons. The maximum absolute atomic E-state index is 14.3. The van der Waals surface area contributed by atoms with Crippen LogP contribution in [0.4, 0.5) is 15.8 Å². The predicted molar refractivity (Wildman–Crippen MR) is 102 cm³/mol. The first kappa shape index (κ1) is 18.4. The Morgan fingerprint density at radius 3 is 2.73 bits per heavy atom. The smallest absolute Gasteiger partial charge is 0.231 e. The molecule has 1 heterocycles. The van der Waals surface area contributed by atoms with Crippen LogP contribution >= 0.6 is 0 Å². The van der Waals surface area contributed by atoms with Gasteiger partial charge in [-0.3, -0.25) is 4.79 Å². The minimum atomic E-state index is -0.381. The van der Waals surface area contributed by atoms with Crippen LogP contribution in [0.5, 0.6) is 0 Å². The molecule has 0 spiro atoms. The summed E-state index contributed by atoms with van der Waals surface area (Å²) >= 11 is 0. The van der Waals surface area contributed by atoms with Crippen molar-refractivity contribution in [2.45, 2.75) is 38.2 Å². The Morgan fingerprint density at radius 2 is 2.08 bits per heavy atom. The van der Waals surface area contributed by atoms with Gasteiger partial charge >= 0.3 is 0 Å². The van der Waals surface area contributed by atoms with Crippen LogP contribution in [-0.4, -0.2) is 25.2 Å². The zero-order chi connectivity index (χ0) is 18.4. The Balaban J connectivity index is 1.62. The van der Waals surface area contributed by atoms with Gasteiger partial charge in [-0.05, 0) is 43.0 Å². The van der Waals surface area contributed by atoms with Crippen LogP contribution in [0.3, 0.4) is 0 Å². The number of ether oxygens (including phenoxy) is 1. The number of hydrogen-bond donors (Lipinski definition) is 2. The fourth-order valence-corrected chi connectivity index (χ4v) is 3.25. The zero-order valence-electron chi connectivity index (χ0n) is 15.0. The lowest BCUT2D eigenvalue weighted by Crippen LogP contribution is -2.21. The molecule has 0 radical (unpaired) electrons. The molecule has 2 aromatic rings. The number of rotatable bonds is 7. The van der Waals surface area contributed by atoms with Crippen LogP contribution in [0.15, 0.2) is 48.5 Å². The number of carbonyl (C=O) groups is 1. The van der Waals surface area contributed by atoms with E-state index < -0.39 is 0 Å². The first-order chi connectivity index (χ1) is 12.7. The first-order valence-electron chi connectivity index (χ1n) is 9.18. The largest absolute Gasteiger partial charge is 0.380 e. The molecular weight excluding hydrogens is 331 g/mol. The molecule has 0 bridgehead atoms. The van der Waals surface area contributed by atoms with Crippen molar-refractivity contribution in [3.63, 3.8) is 0 Å². The topological polar surface area (TPSA) is 50.4 Å². The number of hydrogen-bond acceptors (Lipinski definition) is 3. The van der Waals surface area contributed by atoms with E-state index in [-0.39, 0.29) is 23.7 Å². The highest BCUT2D eigenvalue weighted by atomic mass is 19.1. The predicted octanol–water partition coefficient (Wildman–Crippen LogP) is 4.55. The molecule has 1 amide bonds. The molecule has 2 unspecified atom stereocenters. The fourth-order valence-electron chi connectivity index (χ4n) is 3.25. The van der Waals surface area contributed by atoms with Crippen LogP contribution in [0.25, 0.3) is 0 Å². The standard InChI is InChI=1S/C21H25FN2O2/c1-2-18(15-7-4-3-5-8-15)21(25)24-16-10-11-20(19(22)13-16)23-14-17-9-6-12-26-17/h3-5,7-8,10-11,13,17-18,23H,2,6,9,12,14H2,1H3,(H,24,25). The van der Waals surface area contributed by atoms with E-state index in [2.05, 4.69) is 10.6 Å². The first-order valence-corrected chi connectivity index (χ1v) is 9.18. The van der Waals surface area contributed by atoms with Crippen molar-refractivity contribution in [3.05, 3.63) is 59.9 Å². The molecule has 2 aromatic carbocycles. The van der Waals surface area contributed by atoms with E-state index in [4.69, 9.17) is 4.74 Å². The Morgan fingerprint density at radius 1 is 1.27 bits per heavy atom. The molecular formula is C21H25FN2O2. The summed E-state index contributed by atoms with van der Waals surface area (Å²) in [6, 6.07) is 14.4. The minimum absolute atomic E-state index is 0.127. The van der Waals surface area contributed by atoms with Gasteiger partial charge in [-0.1, -0.05) is 37.3 Å². The summed E-state index contributed by atoms with van der Waals surface area (Å²) in [4.78, 5) is 12.6. The zero-order valence-corrected chi connectivity index (χ0v) is 15.0. The molecule has 4 nitrogen and oxygen atoms in total. The summed E-state index contributed by atoms with van der Waals surface area (Å²) < 4.78 is 19.9. The van der Waals surface area contributed by atoms with Crippen molar-refractivity contribution in [3.8, 4) is 0 Å². The lowest BCUT2D eigenvalue weighted by molar-refractivity contribution is -0.117. The van der Waals surface area contributed by atoms with E-state index >= 15 is 0 Å². The Hall–Kier alpha value is -2.40. The summed E-state index contributed by atoms with van der Waals surface area (Å²) in [5.74, 6) is -0.761. The van der Waals surface area contributed by atoms with Crippen LogP contribution < -0.4 is 10.6 Å². The SMILES string of the molecule is CCC(C(=O)Nc1ccc(NCC2CCCO2)c(F)c1)c1ccccc1. The van der Waals surface area contributed by atoms with Gasteiger partial charge in [0.2, 0.25) is 5.91 Å². The fraction of sp³-hybridized carbons (Fsp3) is 0.381. The number of amides is 1. The van der Waals surface area contributed by atoms with Crippen LogP contribution in [0.2, 0.25) is 0 Å². The molecule has 26 heavy (non-hydrogen) atoms. The summed E-state index contributed by atoms with van der Waals surface area (Å²) in [7, 11) is 0. The molecule has 5 heteroatoms. The van der Waals surface area contributed by atoms with E-state index in [0.717, 1.165) is 25.0 Å². The monoisotopic (exact) mass is 356 g/mol. The highest BCUT2D eigenvalue weighted by Crippen LogP contribution is 2.24. The molecule has 1 saturated heterocycles. The van der Waals surface area contributed by atoms with E-state index in [1.54, 1.807) is 12.1 Å². The summed E-state index contributed by atoms with van der Waals surface area (Å²) in [6.45, 7) is 3.34. The van der Waals surface area contributed by atoms with Crippen LogP contribution in [0.1, 0.15) is 37.7 Å². The summed E-state index contributed by atoms with van der Waals surface area (Å²) in [6.07, 6.45) is 2.88. The molecule has 0 saturated carbocycles. The van der Waals surface area contributed by atoms with Gasteiger partial charge in [0.15, 0.2) is 0 Å². The number of anilines is 2. The van der Waals surface area contributed by atoms with Crippen molar-refractivity contribution in [1.29, 1.82) is 0 Å². The quantitative estimate of drug-likeness (QED) is 0.765. The van der Waals surface area contributed by atoms with E-state index in [1.807, 2.05) is 37.3 Å². The minimum Gasteiger partial charge on any atom is -0.380 e. The average molecular weight is 356 g/mol. The highest BCUT2D eigenvalue weighted by molar-refractivity contribution is 5.96. The second kappa shape index (κ2) is 8.81. The molecule has 1 aliphatic rings. The Kier molecular flexibility index (Phi) is 6.23. The third-order valence-corrected chi connectivity index (χ3v) is 4.71. The van der Waals surface area contributed by atoms with E-state index in [0.29, 0.717) is 24.3 Å². The van der Waals surface area contributed by atoms with Gasteiger partial charge in [0.25, 0.3) is 0 Å². The lowest BCUT2D eigenvalue weighted by Gasteiger charge is -2.16. The second-order valence-corrected chi connectivity index (χ2v) is 6.57. The van der Waals surface area contributed by atoms with Gasteiger partial charge in [0.1, 0.15) is 5.82 Å². The van der Waals surface area contributed by atoms with E-state index in [1.165, 1.54) is 6.07 Å². The van der Waals surface area contributed by atoms with Gasteiger partial charge in [-0.2, -0.15) is 0 Å². The van der Waals surface area contributed by atoms with Crippen LogP contribution in [-0.2, 0) is 9.53 Å². The maximum Gasteiger partial charge on any atom is 0.231 e. The van der Waals surface area contributed by atoms with Crippen molar-refractivity contribution in [2.24, 2.45) is 0 Å². The van der Waals surface area contributed by atoms with Crippen molar-refractivity contribution in [1.82, 2.24) is 0 Å². The van der Waals surface area contributed by atoms with Crippen LogP contribution in [0, 0.1) is 5.82 Å². The van der Waals surface area contributed by atoms with Gasteiger partial charge < -0.3 is 15.4 Å². The van der Waals surface area contributed by atoms with Gasteiger partial charge in [0, 0.05) is 18.8 Å². The molecule has 1 fully saturated rings. The molecule has 1 aliphatic heterocycles.